The average molecular weight is 423 g/mol. The van der Waals surface area contributed by atoms with Crippen LogP contribution in [0.15, 0.2) is 48.7 Å². The van der Waals surface area contributed by atoms with Gasteiger partial charge in [-0.1, -0.05) is 17.7 Å². The largest absolute Gasteiger partial charge is 0.353 e. The summed E-state index contributed by atoms with van der Waals surface area (Å²) in [6.45, 7) is 6.54. The summed E-state index contributed by atoms with van der Waals surface area (Å²) in [7, 11) is 0. The molecule has 0 radical (unpaired) electrons. The lowest BCUT2D eigenvalue weighted by molar-refractivity contribution is 0.0746. The Morgan fingerprint density at radius 1 is 1.00 bits per heavy atom. The van der Waals surface area contributed by atoms with Gasteiger partial charge in [-0.25, -0.2) is 15.0 Å². The number of halogens is 1. The Morgan fingerprint density at radius 3 is 2.53 bits per heavy atom. The summed E-state index contributed by atoms with van der Waals surface area (Å²) in [5.41, 5.74) is 1.74. The van der Waals surface area contributed by atoms with Crippen LogP contribution < -0.4 is 10.2 Å². The second kappa shape index (κ2) is 8.67. The molecule has 0 saturated carbocycles. The Morgan fingerprint density at radius 2 is 1.80 bits per heavy atom. The number of anilines is 3. The third kappa shape index (κ3) is 4.68. The lowest BCUT2D eigenvalue weighted by atomic mass is 10.2. The number of amides is 1. The molecule has 3 aromatic rings. The highest BCUT2D eigenvalue weighted by atomic mass is 35.5. The highest BCUT2D eigenvalue weighted by Crippen LogP contribution is 2.21. The first-order valence-corrected chi connectivity index (χ1v) is 10.2. The van der Waals surface area contributed by atoms with Crippen molar-refractivity contribution in [3.8, 4) is 0 Å². The molecule has 0 spiro atoms. The summed E-state index contributed by atoms with van der Waals surface area (Å²) in [5, 5.41) is 3.82. The zero-order valence-corrected chi connectivity index (χ0v) is 17.7. The molecule has 1 saturated heterocycles. The fourth-order valence-electron chi connectivity index (χ4n) is 3.46. The number of rotatable bonds is 4. The van der Waals surface area contributed by atoms with E-state index in [1.807, 2.05) is 36.9 Å². The zero-order valence-electron chi connectivity index (χ0n) is 17.0. The molecule has 30 heavy (non-hydrogen) atoms. The molecule has 1 aromatic carbocycles. The number of carbonyl (C=O) groups is 1. The first kappa shape index (κ1) is 20.1. The van der Waals surface area contributed by atoms with Gasteiger partial charge in [-0.3, -0.25) is 4.79 Å². The van der Waals surface area contributed by atoms with Crippen LogP contribution in [0, 0.1) is 13.8 Å². The van der Waals surface area contributed by atoms with Gasteiger partial charge in [0.25, 0.3) is 5.91 Å². The van der Waals surface area contributed by atoms with Gasteiger partial charge in [0.05, 0.1) is 0 Å². The quantitative estimate of drug-likeness (QED) is 0.688. The molecule has 1 amide bonds. The van der Waals surface area contributed by atoms with Crippen molar-refractivity contribution in [2.24, 2.45) is 0 Å². The van der Waals surface area contributed by atoms with Crippen LogP contribution in [0.2, 0.25) is 5.02 Å². The Balaban J connectivity index is 1.44. The topological polar surface area (TPSA) is 74.2 Å². The van der Waals surface area contributed by atoms with Gasteiger partial charge >= 0.3 is 0 Å². The number of nitrogens with one attached hydrogen (secondary N) is 1. The molecule has 2 aromatic heterocycles. The van der Waals surface area contributed by atoms with Gasteiger partial charge < -0.3 is 15.1 Å². The van der Waals surface area contributed by atoms with E-state index in [0.717, 1.165) is 17.2 Å². The summed E-state index contributed by atoms with van der Waals surface area (Å²) in [4.78, 5) is 30.2. The number of aromatic nitrogens is 3. The summed E-state index contributed by atoms with van der Waals surface area (Å²) < 4.78 is 0. The van der Waals surface area contributed by atoms with Crippen LogP contribution in [-0.2, 0) is 0 Å². The second-order valence-corrected chi connectivity index (χ2v) is 7.73. The molecule has 0 bridgehead atoms. The minimum Gasteiger partial charge on any atom is -0.353 e. The van der Waals surface area contributed by atoms with Crippen LogP contribution in [0.4, 0.5) is 17.5 Å². The van der Waals surface area contributed by atoms with Crippen molar-refractivity contribution in [2.75, 3.05) is 36.4 Å². The monoisotopic (exact) mass is 422 g/mol. The predicted molar refractivity (Wildman–Crippen MR) is 119 cm³/mol. The zero-order chi connectivity index (χ0) is 21.1. The SMILES string of the molecule is Cc1ccnc(Nc2cc(N3CCN(C(=O)c4cccc(Cl)c4)CC3)nc(C)n2)c1. The predicted octanol–water partition coefficient (Wildman–Crippen LogP) is 3.85. The van der Waals surface area contributed by atoms with E-state index in [4.69, 9.17) is 11.6 Å². The van der Waals surface area contributed by atoms with E-state index >= 15 is 0 Å². The van der Waals surface area contributed by atoms with Gasteiger partial charge in [-0.15, -0.1) is 0 Å². The van der Waals surface area contributed by atoms with E-state index in [1.54, 1.807) is 30.5 Å². The van der Waals surface area contributed by atoms with Crippen molar-refractivity contribution in [1.29, 1.82) is 0 Å². The number of hydrogen-bond donors (Lipinski definition) is 1. The molecule has 0 atom stereocenters. The molecule has 1 fully saturated rings. The average Bonchev–Trinajstić information content (AvgIpc) is 2.73. The van der Waals surface area contributed by atoms with Gasteiger partial charge in [0.2, 0.25) is 0 Å². The summed E-state index contributed by atoms with van der Waals surface area (Å²) >= 11 is 6.02. The first-order chi connectivity index (χ1) is 14.5. The second-order valence-electron chi connectivity index (χ2n) is 7.29. The van der Waals surface area contributed by atoms with Crippen LogP contribution in [0.5, 0.6) is 0 Å². The maximum Gasteiger partial charge on any atom is 0.254 e. The van der Waals surface area contributed by atoms with Crippen LogP contribution in [0.3, 0.4) is 0 Å². The molecule has 7 nitrogen and oxygen atoms in total. The summed E-state index contributed by atoms with van der Waals surface area (Å²) in [6, 6.07) is 12.9. The fourth-order valence-corrected chi connectivity index (χ4v) is 3.65. The first-order valence-electron chi connectivity index (χ1n) is 9.83. The van der Waals surface area contributed by atoms with E-state index in [1.165, 1.54) is 0 Å². The fraction of sp³-hybridized carbons (Fsp3) is 0.273. The Bertz CT molecular complexity index is 1060. The summed E-state index contributed by atoms with van der Waals surface area (Å²) in [6.07, 6.45) is 1.77. The molecule has 154 valence electrons. The van der Waals surface area contributed by atoms with Gasteiger partial charge in [-0.2, -0.15) is 0 Å². The molecule has 1 aliphatic heterocycles. The van der Waals surface area contributed by atoms with Crippen molar-refractivity contribution in [3.63, 3.8) is 0 Å². The van der Waals surface area contributed by atoms with Gasteiger partial charge in [0, 0.05) is 49.0 Å². The number of pyridine rings is 1. The Labute approximate surface area is 180 Å². The van der Waals surface area contributed by atoms with Crippen molar-refractivity contribution >= 4 is 35.0 Å². The van der Waals surface area contributed by atoms with Crippen LogP contribution in [0.1, 0.15) is 21.7 Å². The third-order valence-corrected chi connectivity index (χ3v) is 5.19. The maximum absolute atomic E-state index is 12.7. The number of hydrogen-bond acceptors (Lipinski definition) is 6. The highest BCUT2D eigenvalue weighted by Gasteiger charge is 2.23. The van der Waals surface area contributed by atoms with Crippen LogP contribution in [-0.4, -0.2) is 51.9 Å². The Hall–Kier alpha value is -3.19. The van der Waals surface area contributed by atoms with Crippen molar-refractivity contribution in [3.05, 3.63) is 70.6 Å². The molecule has 3 heterocycles. The molecule has 0 unspecified atom stereocenters. The van der Waals surface area contributed by atoms with Crippen molar-refractivity contribution in [1.82, 2.24) is 19.9 Å². The van der Waals surface area contributed by atoms with E-state index in [2.05, 4.69) is 25.2 Å². The van der Waals surface area contributed by atoms with Gasteiger partial charge in [0.15, 0.2) is 0 Å². The van der Waals surface area contributed by atoms with Crippen molar-refractivity contribution in [2.45, 2.75) is 13.8 Å². The minimum atomic E-state index is 0.00361. The Kier molecular flexibility index (Phi) is 5.81. The maximum atomic E-state index is 12.7. The minimum absolute atomic E-state index is 0.00361. The summed E-state index contributed by atoms with van der Waals surface area (Å²) in [5.74, 6) is 2.97. The number of benzene rings is 1. The third-order valence-electron chi connectivity index (χ3n) is 4.96. The van der Waals surface area contributed by atoms with Crippen LogP contribution >= 0.6 is 11.6 Å². The molecule has 8 heteroatoms. The smallest absolute Gasteiger partial charge is 0.254 e. The van der Waals surface area contributed by atoms with Gasteiger partial charge in [0.1, 0.15) is 23.3 Å². The number of piperazine rings is 1. The number of aryl methyl sites for hydroxylation is 2. The number of carbonyl (C=O) groups excluding carboxylic acids is 1. The highest BCUT2D eigenvalue weighted by molar-refractivity contribution is 6.30. The van der Waals surface area contributed by atoms with E-state index < -0.39 is 0 Å². The standard InChI is InChI=1S/C22H23ClN6O/c1-15-6-7-24-19(12-15)27-20-14-21(26-16(2)25-20)28-8-10-29(11-9-28)22(30)17-4-3-5-18(23)13-17/h3-7,12-14H,8-11H2,1-2H3,(H,24,25,26,27). The number of nitrogens with zero attached hydrogens (tertiary/aromatic N) is 5. The molecule has 1 aliphatic rings. The van der Waals surface area contributed by atoms with E-state index in [0.29, 0.717) is 48.4 Å². The lowest BCUT2D eigenvalue weighted by Gasteiger charge is -2.35. The van der Waals surface area contributed by atoms with E-state index in [9.17, 15) is 4.79 Å². The molecule has 4 rings (SSSR count). The molecule has 0 aliphatic carbocycles. The van der Waals surface area contributed by atoms with Gasteiger partial charge in [-0.05, 0) is 49.7 Å². The van der Waals surface area contributed by atoms with Crippen LogP contribution in [0.25, 0.3) is 0 Å². The van der Waals surface area contributed by atoms with E-state index in [-0.39, 0.29) is 5.91 Å². The lowest BCUT2D eigenvalue weighted by Crippen LogP contribution is -2.49. The molecular weight excluding hydrogens is 400 g/mol. The van der Waals surface area contributed by atoms with Crippen molar-refractivity contribution < 1.29 is 4.79 Å². The normalized spacial score (nSPS) is 14.0. The molecular formula is C22H23ClN6O. The molecule has 1 N–H and O–H groups in total.